The van der Waals surface area contributed by atoms with Crippen LogP contribution in [0.2, 0.25) is 0 Å². The first-order chi connectivity index (χ1) is 8.73. The highest BCUT2D eigenvalue weighted by molar-refractivity contribution is 9.11. The second kappa shape index (κ2) is 6.49. The van der Waals surface area contributed by atoms with Crippen LogP contribution in [0.5, 0.6) is 0 Å². The molecule has 7 heteroatoms. The van der Waals surface area contributed by atoms with Crippen molar-refractivity contribution in [2.45, 2.75) is 19.9 Å². The lowest BCUT2D eigenvalue weighted by Crippen LogP contribution is -2.40. The summed E-state index contributed by atoms with van der Waals surface area (Å²) >= 11 is 6.44. The smallest absolute Gasteiger partial charge is 0.337 e. The summed E-state index contributed by atoms with van der Waals surface area (Å²) in [5.41, 5.74) is 5.93. The number of halogens is 2. The van der Waals surface area contributed by atoms with Crippen molar-refractivity contribution in [1.82, 2.24) is 0 Å². The van der Waals surface area contributed by atoms with Crippen molar-refractivity contribution in [3.8, 4) is 0 Å². The highest BCUT2D eigenvalue weighted by atomic mass is 79.9. The van der Waals surface area contributed by atoms with Gasteiger partial charge in [0.2, 0.25) is 5.91 Å². The summed E-state index contributed by atoms with van der Waals surface area (Å²) in [5, 5.41) is 11.7. The molecule has 0 radical (unpaired) electrons. The summed E-state index contributed by atoms with van der Waals surface area (Å²) < 4.78 is 1.08. The lowest BCUT2D eigenvalue weighted by Gasteiger charge is -2.17. The number of carbonyl (C=O) groups excluding carboxylic acids is 1. The number of carbonyl (C=O) groups is 2. The maximum absolute atomic E-state index is 11.9. The molecule has 0 fully saturated rings. The van der Waals surface area contributed by atoms with E-state index in [4.69, 9.17) is 10.8 Å². The van der Waals surface area contributed by atoms with Crippen molar-refractivity contribution in [2.75, 3.05) is 5.32 Å². The Morgan fingerprint density at radius 1 is 1.32 bits per heavy atom. The molecule has 0 unspecified atom stereocenters. The minimum Gasteiger partial charge on any atom is -0.478 e. The van der Waals surface area contributed by atoms with Crippen molar-refractivity contribution in [2.24, 2.45) is 11.7 Å². The third-order valence-electron chi connectivity index (χ3n) is 2.55. The Morgan fingerprint density at radius 2 is 1.89 bits per heavy atom. The van der Waals surface area contributed by atoms with Gasteiger partial charge >= 0.3 is 5.97 Å². The summed E-state index contributed by atoms with van der Waals surface area (Å²) in [6.07, 6.45) is 0. The number of hydrogen-bond donors (Lipinski definition) is 3. The van der Waals surface area contributed by atoms with Gasteiger partial charge in [0.15, 0.2) is 0 Å². The van der Waals surface area contributed by atoms with Crippen LogP contribution in [0, 0.1) is 5.92 Å². The second-order valence-corrected chi connectivity index (χ2v) is 6.14. The molecule has 0 aliphatic carbocycles. The Hall–Kier alpha value is -0.920. The van der Waals surface area contributed by atoms with Crippen LogP contribution in [0.3, 0.4) is 0 Å². The van der Waals surface area contributed by atoms with Gasteiger partial charge in [-0.15, -0.1) is 0 Å². The fourth-order valence-corrected chi connectivity index (χ4v) is 2.70. The molecular weight excluding hydrogens is 380 g/mol. The molecular formula is C12H14Br2N2O3. The van der Waals surface area contributed by atoms with Crippen LogP contribution >= 0.6 is 31.9 Å². The first-order valence-corrected chi connectivity index (χ1v) is 7.11. The first-order valence-electron chi connectivity index (χ1n) is 5.52. The normalized spacial score (nSPS) is 12.3. The van der Waals surface area contributed by atoms with Crippen LogP contribution in [-0.2, 0) is 4.79 Å². The summed E-state index contributed by atoms with van der Waals surface area (Å²) in [6, 6.07) is 2.38. The fraction of sp³-hybridized carbons (Fsp3) is 0.333. The Balaban J connectivity index is 3.14. The molecule has 0 spiro atoms. The van der Waals surface area contributed by atoms with Crippen LogP contribution in [0.1, 0.15) is 24.2 Å². The van der Waals surface area contributed by atoms with Crippen molar-refractivity contribution >= 4 is 49.4 Å². The summed E-state index contributed by atoms with van der Waals surface area (Å²) in [5.74, 6) is -1.58. The fourth-order valence-electron chi connectivity index (χ4n) is 1.38. The number of nitrogens with one attached hydrogen (secondary N) is 1. The first kappa shape index (κ1) is 16.1. The molecule has 1 aromatic carbocycles. The number of aromatic carboxylic acids is 1. The highest BCUT2D eigenvalue weighted by Crippen LogP contribution is 2.31. The molecule has 19 heavy (non-hydrogen) atoms. The van der Waals surface area contributed by atoms with Crippen molar-refractivity contribution in [1.29, 1.82) is 0 Å². The molecule has 1 atom stereocenters. The third-order valence-corrected chi connectivity index (χ3v) is 3.64. The Kier molecular flexibility index (Phi) is 5.51. The summed E-state index contributed by atoms with van der Waals surface area (Å²) in [6.45, 7) is 3.64. The van der Waals surface area contributed by atoms with E-state index in [0.717, 1.165) is 0 Å². The second-order valence-electron chi connectivity index (χ2n) is 4.37. The average molecular weight is 394 g/mol. The van der Waals surface area contributed by atoms with Crippen LogP contribution < -0.4 is 11.1 Å². The zero-order chi connectivity index (χ0) is 14.7. The molecule has 0 saturated carbocycles. The monoisotopic (exact) mass is 392 g/mol. The molecule has 1 rings (SSSR count). The largest absolute Gasteiger partial charge is 0.478 e. The number of hydrogen-bond acceptors (Lipinski definition) is 3. The highest BCUT2D eigenvalue weighted by Gasteiger charge is 2.21. The van der Waals surface area contributed by atoms with E-state index in [1.54, 1.807) is 6.07 Å². The molecule has 0 aromatic heterocycles. The molecule has 1 aromatic rings. The van der Waals surface area contributed by atoms with Gasteiger partial charge in [-0.25, -0.2) is 4.79 Å². The third kappa shape index (κ3) is 4.02. The number of anilines is 1. The van der Waals surface area contributed by atoms with E-state index in [0.29, 0.717) is 8.95 Å². The molecule has 0 aliphatic heterocycles. The van der Waals surface area contributed by atoms with Crippen molar-refractivity contribution < 1.29 is 14.7 Å². The predicted molar refractivity (Wildman–Crippen MR) is 80.2 cm³/mol. The topological polar surface area (TPSA) is 92.4 Å². The number of amides is 1. The standard InChI is InChI=1S/C12H14Br2N2O3/c1-5(2)9(15)11(17)16-10-7(12(18)19)3-6(13)4-8(10)14/h3-5,9H,15H2,1-2H3,(H,16,17)(H,18,19)/t9-/m1/s1. The number of benzene rings is 1. The molecule has 1 amide bonds. The predicted octanol–water partition coefficient (Wildman–Crippen LogP) is 2.83. The van der Waals surface area contributed by atoms with Crippen molar-refractivity contribution in [3.63, 3.8) is 0 Å². The zero-order valence-electron chi connectivity index (χ0n) is 10.4. The number of carboxylic acid groups (broad SMARTS) is 1. The van der Waals surface area contributed by atoms with Gasteiger partial charge in [0, 0.05) is 8.95 Å². The Labute approximate surface area is 127 Å². The molecule has 0 bridgehead atoms. The number of nitrogens with two attached hydrogens (primary N) is 1. The van der Waals surface area contributed by atoms with E-state index in [2.05, 4.69) is 37.2 Å². The van der Waals surface area contributed by atoms with Crippen molar-refractivity contribution in [3.05, 3.63) is 26.6 Å². The van der Waals surface area contributed by atoms with E-state index < -0.39 is 17.9 Å². The molecule has 104 valence electrons. The van der Waals surface area contributed by atoms with Crippen LogP contribution in [0.15, 0.2) is 21.1 Å². The molecule has 4 N–H and O–H groups in total. The molecule has 5 nitrogen and oxygen atoms in total. The van der Waals surface area contributed by atoms with Gasteiger partial charge in [0.1, 0.15) is 0 Å². The zero-order valence-corrected chi connectivity index (χ0v) is 13.6. The van der Waals surface area contributed by atoms with Gasteiger partial charge in [-0.05, 0) is 34.0 Å². The van der Waals surface area contributed by atoms with E-state index in [1.807, 2.05) is 13.8 Å². The van der Waals surface area contributed by atoms with Gasteiger partial charge in [0.05, 0.1) is 17.3 Å². The van der Waals surface area contributed by atoms with E-state index in [9.17, 15) is 9.59 Å². The van der Waals surface area contributed by atoms with Gasteiger partial charge in [-0.1, -0.05) is 29.8 Å². The minimum atomic E-state index is -1.13. The number of carboxylic acids is 1. The van der Waals surface area contributed by atoms with Gasteiger partial charge in [0.25, 0.3) is 0 Å². The SMILES string of the molecule is CC(C)[C@@H](N)C(=O)Nc1c(Br)cc(Br)cc1C(=O)O. The Morgan fingerprint density at radius 3 is 2.37 bits per heavy atom. The number of rotatable bonds is 4. The molecule has 0 heterocycles. The van der Waals surface area contributed by atoms with E-state index in [1.165, 1.54) is 6.07 Å². The van der Waals surface area contributed by atoms with Crippen LogP contribution in [0.4, 0.5) is 5.69 Å². The quantitative estimate of drug-likeness (QED) is 0.733. The molecule has 0 saturated heterocycles. The van der Waals surface area contributed by atoms with Crippen LogP contribution in [-0.4, -0.2) is 23.0 Å². The minimum absolute atomic E-state index is 0.00874. The Bertz CT molecular complexity index is 518. The summed E-state index contributed by atoms with van der Waals surface area (Å²) in [4.78, 5) is 23.1. The maximum Gasteiger partial charge on any atom is 0.337 e. The maximum atomic E-state index is 11.9. The average Bonchev–Trinajstić information content (AvgIpc) is 2.30. The van der Waals surface area contributed by atoms with E-state index >= 15 is 0 Å². The lowest BCUT2D eigenvalue weighted by molar-refractivity contribution is -0.118. The lowest BCUT2D eigenvalue weighted by atomic mass is 10.0. The molecule has 0 aliphatic rings. The van der Waals surface area contributed by atoms with Gasteiger partial charge < -0.3 is 16.2 Å². The van der Waals surface area contributed by atoms with E-state index in [-0.39, 0.29) is 17.2 Å². The van der Waals surface area contributed by atoms with Gasteiger partial charge in [-0.2, -0.15) is 0 Å². The van der Waals surface area contributed by atoms with Crippen LogP contribution in [0.25, 0.3) is 0 Å². The van der Waals surface area contributed by atoms with Gasteiger partial charge in [-0.3, -0.25) is 4.79 Å². The summed E-state index contributed by atoms with van der Waals surface area (Å²) in [7, 11) is 0.